The molecule has 0 aliphatic rings. The second kappa shape index (κ2) is 4.07. The van der Waals surface area contributed by atoms with Crippen LogP contribution in [0.2, 0.25) is 0 Å². The maximum Gasteiger partial charge on any atom is 0.401 e. The first-order chi connectivity index (χ1) is 5.59. The number of halogens is 1. The number of alkyl halides is 1. The summed E-state index contributed by atoms with van der Waals surface area (Å²) in [5.74, 6) is 0. The first kappa shape index (κ1) is 13.1. The van der Waals surface area contributed by atoms with Crippen LogP contribution in [0.5, 0.6) is 0 Å². The molecular weight excluding hydrogens is 220 g/mol. The van der Waals surface area contributed by atoms with Crippen molar-refractivity contribution in [2.45, 2.75) is 5.31 Å². The van der Waals surface area contributed by atoms with Crippen LogP contribution in [0.4, 0.5) is 0 Å². The third kappa shape index (κ3) is 3.75. The normalized spacial score (nSPS) is 14.2. The molecule has 0 rings (SSSR count). The van der Waals surface area contributed by atoms with Gasteiger partial charge in [0.1, 0.15) is 0 Å². The van der Waals surface area contributed by atoms with Gasteiger partial charge in [0.25, 0.3) is 5.31 Å². The number of rotatable bonds is 4. The van der Waals surface area contributed by atoms with Gasteiger partial charge in [0, 0.05) is 0 Å². The number of nitrogens with zero attached hydrogens (tertiary/aromatic N) is 2. The summed E-state index contributed by atoms with van der Waals surface area (Å²) in [6.07, 6.45) is 0. The molecule has 0 spiro atoms. The van der Waals surface area contributed by atoms with Crippen LogP contribution in [0, 0.1) is 0 Å². The maximum atomic E-state index is 10.5. The molecule has 0 fully saturated rings. The van der Waals surface area contributed by atoms with Crippen molar-refractivity contribution in [3.8, 4) is 0 Å². The van der Waals surface area contributed by atoms with Crippen molar-refractivity contribution in [3.63, 3.8) is 0 Å². The topological polar surface area (TPSA) is 70.1 Å². The van der Waals surface area contributed by atoms with Gasteiger partial charge in [-0.15, -0.1) is 0 Å². The van der Waals surface area contributed by atoms with E-state index >= 15 is 0 Å². The van der Waals surface area contributed by atoms with E-state index in [9.17, 15) is 8.42 Å². The maximum absolute atomic E-state index is 10.5. The summed E-state index contributed by atoms with van der Waals surface area (Å²) in [5.41, 5.74) is 0. The highest BCUT2D eigenvalue weighted by Crippen LogP contribution is 2.23. The minimum absolute atomic E-state index is 1.29. The summed E-state index contributed by atoms with van der Waals surface area (Å²) in [6.45, 7) is 0. The zero-order valence-electron chi connectivity index (χ0n) is 7.85. The third-order valence-corrected chi connectivity index (χ3v) is 2.60. The molecule has 80 valence electrons. The lowest BCUT2D eigenvalue weighted by Gasteiger charge is -2.36. The highest BCUT2D eigenvalue weighted by molar-refractivity contribution is 7.81. The number of hydrogen-bond donors (Lipinski definition) is 1. The molecule has 0 aliphatic heterocycles. The minimum atomic E-state index is -4.59. The van der Waals surface area contributed by atoms with Gasteiger partial charge in [0.2, 0.25) is 0 Å². The van der Waals surface area contributed by atoms with Crippen molar-refractivity contribution >= 4 is 22.0 Å². The zero-order chi connectivity index (χ0) is 10.9. The molecule has 0 radical (unpaired) electrons. The molecule has 0 saturated heterocycles. The Bertz CT molecular complexity index is 256. The van der Waals surface area contributed by atoms with Gasteiger partial charge in [-0.05, 0) is 28.2 Å². The van der Waals surface area contributed by atoms with Crippen LogP contribution >= 0.6 is 11.6 Å². The van der Waals surface area contributed by atoms with E-state index in [1.807, 2.05) is 0 Å². The Morgan fingerprint density at radius 1 is 1.23 bits per heavy atom. The summed E-state index contributed by atoms with van der Waals surface area (Å²) in [7, 11) is 1.46. The summed E-state index contributed by atoms with van der Waals surface area (Å²) in [4.78, 5) is 2.59. The molecule has 0 atom stereocenters. The Balaban J connectivity index is 4.83. The zero-order valence-corrected chi connectivity index (χ0v) is 9.43. The van der Waals surface area contributed by atoms with Crippen LogP contribution in [0.1, 0.15) is 0 Å². The SMILES string of the molecule is CN(C)C(Cl)(OS(=O)(=O)O)N(C)C. The molecule has 6 nitrogen and oxygen atoms in total. The standard InChI is InChI=1S/C5H13ClN2O4S/c1-7(2)5(6,8(3)4)12-13(9,10)11/h1-4H3,(H,9,10,11). The molecule has 8 heteroatoms. The van der Waals surface area contributed by atoms with E-state index in [4.69, 9.17) is 16.2 Å². The first-order valence-electron chi connectivity index (χ1n) is 3.31. The van der Waals surface area contributed by atoms with Gasteiger partial charge >= 0.3 is 10.4 Å². The predicted octanol–water partition coefficient (Wildman–Crippen LogP) is -0.221. The molecule has 0 heterocycles. The predicted molar refractivity (Wildman–Crippen MR) is 48.6 cm³/mol. The Labute approximate surface area is 83.0 Å². The Morgan fingerprint density at radius 2 is 1.54 bits per heavy atom. The van der Waals surface area contributed by atoms with Crippen molar-refractivity contribution in [3.05, 3.63) is 0 Å². The summed E-state index contributed by atoms with van der Waals surface area (Å²) in [6, 6.07) is 0. The smallest absolute Gasteiger partial charge is 0.263 e. The van der Waals surface area contributed by atoms with E-state index in [0.717, 1.165) is 0 Å². The fraction of sp³-hybridized carbons (Fsp3) is 1.00. The highest BCUT2D eigenvalue weighted by Gasteiger charge is 2.38. The molecule has 0 saturated carbocycles. The average Bonchev–Trinajstić information content (AvgIpc) is 1.82. The van der Waals surface area contributed by atoms with Crippen molar-refractivity contribution in [2.24, 2.45) is 0 Å². The van der Waals surface area contributed by atoms with Gasteiger partial charge in [-0.2, -0.15) is 12.6 Å². The summed E-state index contributed by atoms with van der Waals surface area (Å²) < 4.78 is 33.7. The van der Waals surface area contributed by atoms with E-state index in [0.29, 0.717) is 0 Å². The molecule has 1 N–H and O–H groups in total. The third-order valence-electron chi connectivity index (χ3n) is 1.31. The van der Waals surface area contributed by atoms with Crippen molar-refractivity contribution in [2.75, 3.05) is 28.2 Å². The fourth-order valence-corrected chi connectivity index (χ4v) is 1.49. The van der Waals surface area contributed by atoms with Crippen LogP contribution in [-0.4, -0.2) is 56.3 Å². The van der Waals surface area contributed by atoms with E-state index in [-0.39, 0.29) is 0 Å². The molecule has 0 bridgehead atoms. The van der Waals surface area contributed by atoms with Crippen LogP contribution in [0.3, 0.4) is 0 Å². The average molecular weight is 233 g/mol. The molecule has 0 aromatic heterocycles. The Kier molecular flexibility index (Phi) is 4.10. The van der Waals surface area contributed by atoms with E-state index < -0.39 is 15.7 Å². The van der Waals surface area contributed by atoms with E-state index in [1.165, 1.54) is 38.0 Å². The van der Waals surface area contributed by atoms with Gasteiger partial charge in [0.05, 0.1) is 0 Å². The monoisotopic (exact) mass is 232 g/mol. The van der Waals surface area contributed by atoms with Crippen LogP contribution in [0.15, 0.2) is 0 Å². The van der Waals surface area contributed by atoms with Crippen molar-refractivity contribution in [1.82, 2.24) is 9.80 Å². The van der Waals surface area contributed by atoms with Gasteiger partial charge in [-0.1, -0.05) is 11.6 Å². The second-order valence-electron chi connectivity index (χ2n) is 2.83. The Hall–Kier alpha value is 0.0800. The fourth-order valence-electron chi connectivity index (χ4n) is 0.683. The van der Waals surface area contributed by atoms with Crippen LogP contribution < -0.4 is 0 Å². The highest BCUT2D eigenvalue weighted by atomic mass is 35.5. The lowest BCUT2D eigenvalue weighted by Crippen LogP contribution is -2.53. The van der Waals surface area contributed by atoms with Crippen molar-refractivity contribution in [1.29, 1.82) is 0 Å². The lowest BCUT2D eigenvalue weighted by molar-refractivity contribution is -0.0877. The molecule has 0 aromatic rings. The Morgan fingerprint density at radius 3 is 1.62 bits per heavy atom. The molecule has 13 heavy (non-hydrogen) atoms. The summed E-state index contributed by atoms with van der Waals surface area (Å²) in [5, 5.41) is -1.71. The van der Waals surface area contributed by atoms with Gasteiger partial charge < -0.3 is 0 Å². The summed E-state index contributed by atoms with van der Waals surface area (Å²) >= 11 is 5.78. The van der Waals surface area contributed by atoms with E-state index in [2.05, 4.69) is 4.18 Å². The molecule has 0 amide bonds. The second-order valence-corrected chi connectivity index (χ2v) is 4.34. The minimum Gasteiger partial charge on any atom is -0.263 e. The van der Waals surface area contributed by atoms with E-state index in [1.54, 1.807) is 0 Å². The largest absolute Gasteiger partial charge is 0.401 e. The molecular formula is C5H13ClN2O4S. The lowest BCUT2D eigenvalue weighted by atomic mass is 10.7. The van der Waals surface area contributed by atoms with Crippen LogP contribution in [0.25, 0.3) is 0 Å². The van der Waals surface area contributed by atoms with Gasteiger partial charge in [-0.25, -0.2) is 0 Å². The number of hydrogen-bond acceptors (Lipinski definition) is 5. The van der Waals surface area contributed by atoms with Gasteiger partial charge in [0.15, 0.2) is 0 Å². The molecule has 0 unspecified atom stereocenters. The first-order valence-corrected chi connectivity index (χ1v) is 5.05. The quantitative estimate of drug-likeness (QED) is 0.313. The van der Waals surface area contributed by atoms with Gasteiger partial charge in [-0.3, -0.25) is 14.4 Å². The molecule has 0 aromatic carbocycles. The van der Waals surface area contributed by atoms with Crippen LogP contribution in [-0.2, 0) is 14.6 Å². The molecule has 0 aliphatic carbocycles. The van der Waals surface area contributed by atoms with Crippen molar-refractivity contribution < 1.29 is 17.2 Å².